The lowest BCUT2D eigenvalue weighted by Gasteiger charge is -2.17. The maximum Gasteiger partial charge on any atom is 0.253 e. The topological polar surface area (TPSA) is 79.4 Å². The van der Waals surface area contributed by atoms with Crippen molar-refractivity contribution < 1.29 is 13.2 Å². The van der Waals surface area contributed by atoms with Gasteiger partial charge >= 0.3 is 0 Å². The van der Waals surface area contributed by atoms with Crippen molar-refractivity contribution in [3.63, 3.8) is 0 Å². The van der Waals surface area contributed by atoms with Crippen molar-refractivity contribution in [1.82, 2.24) is 14.6 Å². The van der Waals surface area contributed by atoms with Gasteiger partial charge in [-0.2, -0.15) is 0 Å². The van der Waals surface area contributed by atoms with Crippen molar-refractivity contribution in [3.05, 3.63) is 59.9 Å². The number of hydrogen-bond acceptors (Lipinski definition) is 4. The molecular weight excluding hydrogens is 338 g/mol. The summed E-state index contributed by atoms with van der Waals surface area (Å²) in [5, 5.41) is 0. The Morgan fingerprint density at radius 2 is 1.96 bits per heavy atom. The molecule has 0 saturated heterocycles. The van der Waals surface area contributed by atoms with Crippen LogP contribution in [0, 0.1) is 0 Å². The Balaban J connectivity index is 2.10. The monoisotopic (exact) mass is 361 g/mol. The smallest absolute Gasteiger partial charge is 0.253 e. The number of carbonyl (C=O) groups is 1. The van der Waals surface area contributed by atoms with Crippen molar-refractivity contribution >= 4 is 15.9 Å². The largest absolute Gasteiger partial charge is 0.341 e. The van der Waals surface area contributed by atoms with E-state index in [1.807, 2.05) is 18.2 Å². The number of likely N-dealkylation sites (N-methyl/N-ethyl adjacent to an activating group) is 1. The number of sulfonamides is 1. The Labute approximate surface area is 148 Å². The normalized spacial score (nSPS) is 11.5. The number of benzene rings is 1. The molecule has 0 radical (unpaired) electrons. The molecule has 1 heterocycles. The van der Waals surface area contributed by atoms with Crippen molar-refractivity contribution in [1.29, 1.82) is 0 Å². The van der Waals surface area contributed by atoms with Crippen LogP contribution in [0.5, 0.6) is 0 Å². The van der Waals surface area contributed by atoms with E-state index in [0.717, 1.165) is 5.69 Å². The summed E-state index contributed by atoms with van der Waals surface area (Å²) in [7, 11) is -1.93. The Kier molecular flexibility index (Phi) is 6.27. The third kappa shape index (κ3) is 5.37. The Bertz CT molecular complexity index is 820. The first-order chi connectivity index (χ1) is 11.8. The van der Waals surface area contributed by atoms with Crippen LogP contribution in [0.4, 0.5) is 0 Å². The van der Waals surface area contributed by atoms with E-state index in [1.54, 1.807) is 44.1 Å². The fourth-order valence-electron chi connectivity index (χ4n) is 2.32. The summed E-state index contributed by atoms with van der Waals surface area (Å²) < 4.78 is 27.0. The van der Waals surface area contributed by atoms with Crippen molar-refractivity contribution in [2.75, 3.05) is 13.6 Å². The molecule has 0 unspecified atom stereocenters. The van der Waals surface area contributed by atoms with Crippen LogP contribution < -0.4 is 4.72 Å². The third-order valence-electron chi connectivity index (χ3n) is 3.56. The fourth-order valence-corrected chi connectivity index (χ4v) is 3.62. The molecule has 1 aromatic heterocycles. The predicted molar refractivity (Wildman–Crippen MR) is 96.8 cm³/mol. The second-order valence-corrected chi connectivity index (χ2v) is 7.82. The second-order valence-electron chi connectivity index (χ2n) is 6.10. The molecule has 0 aliphatic heterocycles. The minimum atomic E-state index is -3.63. The van der Waals surface area contributed by atoms with E-state index >= 15 is 0 Å². The first-order valence-electron chi connectivity index (χ1n) is 8.07. The molecule has 1 aromatic carbocycles. The van der Waals surface area contributed by atoms with E-state index in [2.05, 4.69) is 9.71 Å². The van der Waals surface area contributed by atoms with E-state index in [4.69, 9.17) is 0 Å². The summed E-state index contributed by atoms with van der Waals surface area (Å²) in [5.74, 6) is -0.225. The van der Waals surface area contributed by atoms with Gasteiger partial charge in [-0.1, -0.05) is 12.1 Å². The zero-order valence-corrected chi connectivity index (χ0v) is 15.5. The van der Waals surface area contributed by atoms with Crippen molar-refractivity contribution in [2.24, 2.45) is 0 Å². The van der Waals surface area contributed by atoms with Gasteiger partial charge in [-0.05, 0) is 44.2 Å². The molecule has 1 N–H and O–H groups in total. The van der Waals surface area contributed by atoms with Crippen LogP contribution in [0.2, 0.25) is 0 Å². The molecule has 0 fully saturated rings. The number of aromatic nitrogens is 1. The van der Waals surface area contributed by atoms with Gasteiger partial charge in [0.15, 0.2) is 0 Å². The molecule has 1 amide bonds. The Morgan fingerprint density at radius 1 is 1.20 bits per heavy atom. The molecule has 0 saturated carbocycles. The zero-order valence-electron chi connectivity index (χ0n) is 14.6. The molecule has 0 spiro atoms. The van der Waals surface area contributed by atoms with E-state index < -0.39 is 10.0 Å². The first kappa shape index (κ1) is 19.1. The number of nitrogens with zero attached hydrogens (tertiary/aromatic N) is 2. The van der Waals surface area contributed by atoms with Crippen molar-refractivity contribution in [3.8, 4) is 0 Å². The molecular formula is C18H23N3O3S. The Morgan fingerprint density at radius 3 is 2.60 bits per heavy atom. The molecule has 0 aliphatic rings. The third-order valence-corrected chi connectivity index (χ3v) is 5.21. The maximum atomic E-state index is 12.6. The molecule has 25 heavy (non-hydrogen) atoms. The lowest BCUT2D eigenvalue weighted by molar-refractivity contribution is 0.0796. The van der Waals surface area contributed by atoms with Crippen LogP contribution in [0.25, 0.3) is 0 Å². The standard InChI is InChI=1S/C18H23N3O3S/c1-14(2)20-25(23,24)17-9-6-7-15(13-17)18(22)21(3)12-10-16-8-4-5-11-19-16/h4-9,11,13-14,20H,10,12H2,1-3H3. The van der Waals surface area contributed by atoms with Gasteiger partial charge in [0, 0.05) is 43.5 Å². The van der Waals surface area contributed by atoms with Crippen LogP contribution in [0.3, 0.4) is 0 Å². The number of pyridine rings is 1. The van der Waals surface area contributed by atoms with Crippen LogP contribution in [0.15, 0.2) is 53.6 Å². The second kappa shape index (κ2) is 8.22. The lowest BCUT2D eigenvalue weighted by atomic mass is 10.2. The molecule has 134 valence electrons. The van der Waals surface area contributed by atoms with Crippen LogP contribution in [-0.4, -0.2) is 43.8 Å². The van der Waals surface area contributed by atoms with Crippen LogP contribution in [0.1, 0.15) is 29.9 Å². The van der Waals surface area contributed by atoms with Crippen LogP contribution in [-0.2, 0) is 16.4 Å². The van der Waals surface area contributed by atoms with Gasteiger partial charge < -0.3 is 4.90 Å². The van der Waals surface area contributed by atoms with Gasteiger partial charge in [-0.15, -0.1) is 0 Å². The highest BCUT2D eigenvalue weighted by Crippen LogP contribution is 2.14. The fraction of sp³-hybridized carbons (Fsp3) is 0.333. The van der Waals surface area contributed by atoms with E-state index in [-0.39, 0.29) is 16.8 Å². The van der Waals surface area contributed by atoms with Crippen molar-refractivity contribution in [2.45, 2.75) is 31.2 Å². The maximum absolute atomic E-state index is 12.6. The minimum Gasteiger partial charge on any atom is -0.341 e. The molecule has 2 rings (SSSR count). The SMILES string of the molecule is CC(C)NS(=O)(=O)c1cccc(C(=O)N(C)CCc2ccccn2)c1. The minimum absolute atomic E-state index is 0.0881. The molecule has 0 aliphatic carbocycles. The number of carbonyl (C=O) groups excluding carboxylic acids is 1. The molecule has 2 aromatic rings. The van der Waals surface area contributed by atoms with Gasteiger partial charge in [-0.25, -0.2) is 13.1 Å². The van der Waals surface area contributed by atoms with Gasteiger partial charge in [0.05, 0.1) is 4.90 Å². The number of amides is 1. The van der Waals surface area contributed by atoms with Gasteiger partial charge in [0.25, 0.3) is 5.91 Å². The number of nitrogens with one attached hydrogen (secondary N) is 1. The summed E-state index contributed by atoms with van der Waals surface area (Å²) in [6, 6.07) is 11.5. The first-order valence-corrected chi connectivity index (χ1v) is 9.55. The summed E-state index contributed by atoms with van der Waals surface area (Å²) in [5.41, 5.74) is 1.25. The van der Waals surface area contributed by atoms with Gasteiger partial charge in [-0.3, -0.25) is 9.78 Å². The molecule has 0 atom stereocenters. The molecule has 7 heteroatoms. The number of rotatable bonds is 7. The average Bonchev–Trinajstić information content (AvgIpc) is 2.59. The molecule has 6 nitrogen and oxygen atoms in total. The molecule has 0 bridgehead atoms. The number of hydrogen-bond donors (Lipinski definition) is 1. The van der Waals surface area contributed by atoms with E-state index in [1.165, 1.54) is 12.1 Å². The zero-order chi connectivity index (χ0) is 18.4. The highest BCUT2D eigenvalue weighted by Gasteiger charge is 2.18. The summed E-state index contributed by atoms with van der Waals surface area (Å²) >= 11 is 0. The van der Waals surface area contributed by atoms with Gasteiger partial charge in [0.1, 0.15) is 0 Å². The van der Waals surface area contributed by atoms with E-state index in [0.29, 0.717) is 18.5 Å². The highest BCUT2D eigenvalue weighted by molar-refractivity contribution is 7.89. The summed E-state index contributed by atoms with van der Waals surface area (Å²) in [4.78, 5) is 18.4. The summed E-state index contributed by atoms with van der Waals surface area (Å²) in [6.07, 6.45) is 2.35. The highest BCUT2D eigenvalue weighted by atomic mass is 32.2. The Hall–Kier alpha value is -2.25. The predicted octanol–water partition coefficient (Wildman–Crippen LogP) is 2.08. The lowest BCUT2D eigenvalue weighted by Crippen LogP contribution is -2.31. The quantitative estimate of drug-likeness (QED) is 0.819. The van der Waals surface area contributed by atoms with E-state index in [9.17, 15) is 13.2 Å². The summed E-state index contributed by atoms with van der Waals surface area (Å²) in [6.45, 7) is 3.99. The van der Waals surface area contributed by atoms with Gasteiger partial charge in [0.2, 0.25) is 10.0 Å². The average molecular weight is 361 g/mol. The van der Waals surface area contributed by atoms with Crippen LogP contribution >= 0.6 is 0 Å².